The number of nitrogens with zero attached hydrogens (tertiary/aromatic N) is 2. The van der Waals surface area contributed by atoms with Gasteiger partial charge < -0.3 is 15.4 Å². The number of carbonyl (C=O) groups excluding carboxylic acids is 2. The average molecular weight is 441 g/mol. The molecule has 8 heteroatoms. The van der Waals surface area contributed by atoms with E-state index in [1.54, 1.807) is 37.4 Å². The molecule has 2 aromatic carbocycles. The number of amides is 2. The van der Waals surface area contributed by atoms with Crippen LogP contribution in [0.1, 0.15) is 37.7 Å². The Morgan fingerprint density at radius 1 is 1.03 bits per heavy atom. The fourth-order valence-electron chi connectivity index (χ4n) is 3.09. The number of nitrogens with one attached hydrogen (secondary N) is 2. The minimum absolute atomic E-state index is 0.266. The summed E-state index contributed by atoms with van der Waals surface area (Å²) < 4.78 is 6.85. The predicted molar refractivity (Wildman–Crippen MR) is 121 cm³/mol. The molecule has 0 radical (unpaired) electrons. The Hall–Kier alpha value is -3.16. The first-order chi connectivity index (χ1) is 14.9. The molecule has 0 saturated carbocycles. The monoisotopic (exact) mass is 440 g/mol. The third-order valence-electron chi connectivity index (χ3n) is 4.72. The second-order valence-electron chi connectivity index (χ2n) is 7.18. The van der Waals surface area contributed by atoms with Gasteiger partial charge in [0.1, 0.15) is 0 Å². The summed E-state index contributed by atoms with van der Waals surface area (Å²) in [7, 11) is 1.56. The maximum absolute atomic E-state index is 12.7. The molecule has 2 N–H and O–H groups in total. The van der Waals surface area contributed by atoms with Crippen molar-refractivity contribution in [1.82, 2.24) is 15.1 Å². The molecule has 0 atom stereocenters. The predicted octanol–water partition coefficient (Wildman–Crippen LogP) is 3.83. The van der Waals surface area contributed by atoms with Crippen molar-refractivity contribution in [3.63, 3.8) is 0 Å². The van der Waals surface area contributed by atoms with E-state index in [9.17, 15) is 9.59 Å². The van der Waals surface area contributed by atoms with Crippen LogP contribution >= 0.6 is 11.6 Å². The van der Waals surface area contributed by atoms with Gasteiger partial charge in [-0.2, -0.15) is 5.10 Å². The van der Waals surface area contributed by atoms with Gasteiger partial charge in [0.25, 0.3) is 11.8 Å². The molecule has 0 unspecified atom stereocenters. The molecule has 1 heterocycles. The highest BCUT2D eigenvalue weighted by Crippen LogP contribution is 2.24. The summed E-state index contributed by atoms with van der Waals surface area (Å²) in [6, 6.07) is 14.1. The number of aromatic nitrogens is 2. The molecular formula is C23H25ClN4O3. The van der Waals surface area contributed by atoms with Crippen LogP contribution in [0.15, 0.2) is 48.5 Å². The Morgan fingerprint density at radius 3 is 2.39 bits per heavy atom. The highest BCUT2D eigenvalue weighted by atomic mass is 35.5. The second kappa shape index (κ2) is 10.2. The zero-order valence-electron chi connectivity index (χ0n) is 17.7. The van der Waals surface area contributed by atoms with Crippen LogP contribution < -0.4 is 10.6 Å². The average Bonchev–Trinajstić information content (AvgIpc) is 3.06. The molecule has 0 aliphatic heterocycles. The van der Waals surface area contributed by atoms with Crippen molar-refractivity contribution in [2.75, 3.05) is 25.6 Å². The summed E-state index contributed by atoms with van der Waals surface area (Å²) in [6.45, 7) is 5.41. The number of ether oxygens (including phenoxy) is 1. The van der Waals surface area contributed by atoms with Crippen molar-refractivity contribution in [2.45, 2.75) is 20.4 Å². The summed E-state index contributed by atoms with van der Waals surface area (Å²) in [5.74, 6) is -0.575. The van der Waals surface area contributed by atoms with E-state index in [2.05, 4.69) is 15.7 Å². The molecule has 31 heavy (non-hydrogen) atoms. The molecule has 162 valence electrons. The Labute approximate surface area is 186 Å². The Morgan fingerprint density at radius 2 is 1.74 bits per heavy atom. The molecule has 0 aliphatic rings. The zero-order valence-corrected chi connectivity index (χ0v) is 18.5. The Bertz CT molecular complexity index is 1080. The second-order valence-corrected chi connectivity index (χ2v) is 7.59. The van der Waals surface area contributed by atoms with Crippen molar-refractivity contribution in [1.29, 1.82) is 0 Å². The van der Waals surface area contributed by atoms with E-state index in [1.165, 1.54) is 0 Å². The van der Waals surface area contributed by atoms with Gasteiger partial charge in [0.05, 0.1) is 29.6 Å². The van der Waals surface area contributed by atoms with Gasteiger partial charge in [-0.1, -0.05) is 23.7 Å². The number of benzene rings is 2. The molecule has 3 rings (SSSR count). The summed E-state index contributed by atoms with van der Waals surface area (Å²) in [5.41, 5.74) is 4.35. The van der Waals surface area contributed by atoms with Gasteiger partial charge in [-0.15, -0.1) is 0 Å². The lowest BCUT2D eigenvalue weighted by Crippen LogP contribution is -2.27. The maximum atomic E-state index is 12.7. The number of aryl methyl sites for hydroxylation is 2. The van der Waals surface area contributed by atoms with Crippen LogP contribution in [0, 0.1) is 13.8 Å². The fraction of sp³-hybridized carbons (Fsp3) is 0.261. The molecule has 3 aromatic rings. The highest BCUT2D eigenvalue weighted by molar-refractivity contribution is 6.34. The van der Waals surface area contributed by atoms with Crippen LogP contribution in [0.3, 0.4) is 0 Å². The van der Waals surface area contributed by atoms with Gasteiger partial charge in [-0.25, -0.2) is 0 Å². The molecule has 1 aromatic heterocycles. The maximum Gasteiger partial charge on any atom is 0.255 e. The number of halogens is 1. The van der Waals surface area contributed by atoms with Gasteiger partial charge in [-0.3, -0.25) is 14.3 Å². The molecule has 0 bridgehead atoms. The van der Waals surface area contributed by atoms with Crippen molar-refractivity contribution >= 4 is 29.1 Å². The van der Waals surface area contributed by atoms with Crippen LogP contribution in [0.25, 0.3) is 0 Å². The largest absolute Gasteiger partial charge is 0.383 e. The molecular weight excluding hydrogens is 416 g/mol. The van der Waals surface area contributed by atoms with Crippen LogP contribution in [0.4, 0.5) is 5.69 Å². The van der Waals surface area contributed by atoms with Crippen molar-refractivity contribution in [2.24, 2.45) is 0 Å². The number of methoxy groups -OCH3 is 1. The van der Waals surface area contributed by atoms with E-state index in [4.69, 9.17) is 16.3 Å². The van der Waals surface area contributed by atoms with Gasteiger partial charge in [0.15, 0.2) is 0 Å². The standard InChI is InChI=1S/C23H25ClN4O3/c1-15-12-16(2)28(27-15)14-17-4-6-18(7-5-17)23(30)26-21-13-19(8-9-20(21)24)22(29)25-10-11-31-3/h4-9,12-13H,10-11,14H2,1-3H3,(H,25,29)(H,26,30). The van der Waals surface area contributed by atoms with E-state index in [0.717, 1.165) is 17.0 Å². The van der Waals surface area contributed by atoms with Gasteiger partial charge in [-0.05, 0) is 55.8 Å². The number of rotatable bonds is 8. The first kappa shape index (κ1) is 22.5. The van der Waals surface area contributed by atoms with Crippen molar-refractivity contribution < 1.29 is 14.3 Å². The number of anilines is 1. The highest BCUT2D eigenvalue weighted by Gasteiger charge is 2.13. The number of hydrogen-bond donors (Lipinski definition) is 2. The SMILES string of the molecule is COCCNC(=O)c1ccc(Cl)c(NC(=O)c2ccc(Cn3nc(C)cc3C)cc2)c1. The van der Waals surface area contributed by atoms with E-state index >= 15 is 0 Å². The van der Waals surface area contributed by atoms with E-state index in [0.29, 0.717) is 41.5 Å². The molecule has 7 nitrogen and oxygen atoms in total. The molecule has 0 spiro atoms. The first-order valence-corrected chi connectivity index (χ1v) is 10.2. The third-order valence-corrected chi connectivity index (χ3v) is 5.05. The molecule has 0 saturated heterocycles. The van der Waals surface area contributed by atoms with Crippen LogP contribution in [0.5, 0.6) is 0 Å². The summed E-state index contributed by atoms with van der Waals surface area (Å²) in [5, 5.41) is 10.3. The first-order valence-electron chi connectivity index (χ1n) is 9.85. The number of carbonyl (C=O) groups is 2. The van der Waals surface area contributed by atoms with Crippen molar-refractivity contribution in [3.05, 3.63) is 81.6 Å². The smallest absolute Gasteiger partial charge is 0.255 e. The normalized spacial score (nSPS) is 10.7. The Balaban J connectivity index is 1.67. The number of hydrogen-bond acceptors (Lipinski definition) is 4. The molecule has 2 amide bonds. The van der Waals surface area contributed by atoms with Crippen LogP contribution in [0.2, 0.25) is 5.02 Å². The van der Waals surface area contributed by atoms with Gasteiger partial charge >= 0.3 is 0 Å². The molecule has 0 fully saturated rings. The summed E-state index contributed by atoms with van der Waals surface area (Å²) >= 11 is 6.22. The minimum Gasteiger partial charge on any atom is -0.383 e. The van der Waals surface area contributed by atoms with E-state index < -0.39 is 0 Å². The Kier molecular flexibility index (Phi) is 7.44. The topological polar surface area (TPSA) is 85.3 Å². The van der Waals surface area contributed by atoms with E-state index in [-0.39, 0.29) is 11.8 Å². The minimum atomic E-state index is -0.309. The van der Waals surface area contributed by atoms with Crippen molar-refractivity contribution in [3.8, 4) is 0 Å². The lowest BCUT2D eigenvalue weighted by molar-refractivity contribution is 0.0936. The van der Waals surface area contributed by atoms with Crippen LogP contribution in [-0.2, 0) is 11.3 Å². The van der Waals surface area contributed by atoms with Crippen LogP contribution in [-0.4, -0.2) is 41.9 Å². The van der Waals surface area contributed by atoms with Gasteiger partial charge in [0, 0.05) is 30.5 Å². The fourth-order valence-corrected chi connectivity index (χ4v) is 3.26. The lowest BCUT2D eigenvalue weighted by Gasteiger charge is -2.11. The zero-order chi connectivity index (χ0) is 22.4. The molecule has 0 aliphatic carbocycles. The lowest BCUT2D eigenvalue weighted by atomic mass is 10.1. The summed E-state index contributed by atoms with van der Waals surface area (Å²) in [4.78, 5) is 24.9. The van der Waals surface area contributed by atoms with E-state index in [1.807, 2.05) is 36.7 Å². The third kappa shape index (κ3) is 5.93. The quantitative estimate of drug-likeness (QED) is 0.521. The summed E-state index contributed by atoms with van der Waals surface area (Å²) in [6.07, 6.45) is 0. The van der Waals surface area contributed by atoms with Gasteiger partial charge in [0.2, 0.25) is 0 Å².